The smallest absolute Gasteiger partial charge is 0.325 e. The summed E-state index contributed by atoms with van der Waals surface area (Å²) in [6, 6.07) is 0. The lowest BCUT2D eigenvalue weighted by Gasteiger charge is -2.04. The second-order valence-corrected chi connectivity index (χ2v) is 9.02. The third-order valence-electron chi connectivity index (χ3n) is 5.18. The first-order valence-electron chi connectivity index (χ1n) is 11.7. The van der Waals surface area contributed by atoms with Crippen LogP contribution >= 0.6 is 0 Å². The van der Waals surface area contributed by atoms with Crippen molar-refractivity contribution in [3.05, 3.63) is 0 Å². The molecule has 0 saturated heterocycles. The molecule has 0 saturated carbocycles. The molecule has 0 aliphatic heterocycles. The SMILES string of the molecule is CCCCCCCCCCCCCCCCCCCCCC(=O)OS(=O)(=O)O. The molecule has 0 rings (SSSR count). The first-order valence-corrected chi connectivity index (χ1v) is 13.0. The maximum absolute atomic E-state index is 11.1. The molecule has 5 nitrogen and oxygen atoms in total. The molecule has 0 aromatic heterocycles. The Hall–Kier alpha value is -0.620. The lowest BCUT2D eigenvalue weighted by atomic mass is 10.0. The third kappa shape index (κ3) is 23.4. The standard InChI is InChI=1S/C22H44O5S/c1-2-3-4-5-6-7-8-9-10-11-12-13-14-15-16-17-18-19-20-21-22(23)27-28(24,25)26/h2-21H2,1H3,(H,24,25,26). The van der Waals surface area contributed by atoms with E-state index in [9.17, 15) is 13.2 Å². The summed E-state index contributed by atoms with van der Waals surface area (Å²) in [6.07, 6.45) is 24.3. The van der Waals surface area contributed by atoms with Crippen LogP contribution in [0.3, 0.4) is 0 Å². The number of hydrogen-bond acceptors (Lipinski definition) is 4. The number of unbranched alkanes of at least 4 members (excludes halogenated alkanes) is 18. The highest BCUT2D eigenvalue weighted by molar-refractivity contribution is 7.81. The highest BCUT2D eigenvalue weighted by atomic mass is 32.3. The summed E-state index contributed by atoms with van der Waals surface area (Å²) >= 11 is 0. The van der Waals surface area contributed by atoms with Gasteiger partial charge in [0.05, 0.1) is 0 Å². The number of hydrogen-bond donors (Lipinski definition) is 1. The zero-order valence-electron chi connectivity index (χ0n) is 18.1. The van der Waals surface area contributed by atoms with Gasteiger partial charge < -0.3 is 4.18 Å². The van der Waals surface area contributed by atoms with Gasteiger partial charge >= 0.3 is 16.4 Å². The highest BCUT2D eigenvalue weighted by Crippen LogP contribution is 2.14. The van der Waals surface area contributed by atoms with Crippen molar-refractivity contribution < 1.29 is 21.9 Å². The Bertz CT molecular complexity index is 448. The van der Waals surface area contributed by atoms with Crippen molar-refractivity contribution in [2.45, 2.75) is 135 Å². The van der Waals surface area contributed by atoms with Crippen LogP contribution in [0.15, 0.2) is 0 Å². The van der Waals surface area contributed by atoms with Gasteiger partial charge in [-0.3, -0.25) is 9.35 Å². The van der Waals surface area contributed by atoms with Crippen LogP contribution in [0.4, 0.5) is 0 Å². The average molecular weight is 421 g/mol. The van der Waals surface area contributed by atoms with Crippen molar-refractivity contribution in [3.8, 4) is 0 Å². The van der Waals surface area contributed by atoms with E-state index >= 15 is 0 Å². The Balaban J connectivity index is 3.13. The summed E-state index contributed by atoms with van der Waals surface area (Å²) in [5, 5.41) is 0. The predicted molar refractivity (Wildman–Crippen MR) is 116 cm³/mol. The van der Waals surface area contributed by atoms with Gasteiger partial charge in [0.2, 0.25) is 0 Å². The summed E-state index contributed by atoms with van der Waals surface area (Å²) in [7, 11) is -4.65. The van der Waals surface area contributed by atoms with Gasteiger partial charge in [-0.05, 0) is 6.42 Å². The van der Waals surface area contributed by atoms with Gasteiger partial charge in [-0.1, -0.05) is 122 Å². The summed E-state index contributed by atoms with van der Waals surface area (Å²) in [5.74, 6) is -0.880. The first kappa shape index (κ1) is 27.4. The molecule has 168 valence electrons. The van der Waals surface area contributed by atoms with Crippen molar-refractivity contribution in [3.63, 3.8) is 0 Å². The molecule has 0 aliphatic carbocycles. The van der Waals surface area contributed by atoms with Crippen LogP contribution in [0.2, 0.25) is 0 Å². The molecule has 0 amide bonds. The van der Waals surface area contributed by atoms with E-state index in [1.807, 2.05) is 0 Å². The van der Waals surface area contributed by atoms with Crippen LogP contribution in [0.25, 0.3) is 0 Å². The molecule has 0 atom stereocenters. The molecule has 0 fully saturated rings. The van der Waals surface area contributed by atoms with Crippen LogP contribution in [-0.2, 0) is 19.4 Å². The summed E-state index contributed by atoms with van der Waals surface area (Å²) in [6.45, 7) is 2.27. The molecule has 0 aliphatic rings. The van der Waals surface area contributed by atoms with E-state index in [0.717, 1.165) is 19.3 Å². The summed E-state index contributed by atoms with van der Waals surface area (Å²) < 4.78 is 32.9. The van der Waals surface area contributed by atoms with Crippen LogP contribution < -0.4 is 0 Å². The molecule has 0 bridgehead atoms. The van der Waals surface area contributed by atoms with Gasteiger partial charge in [0.25, 0.3) is 0 Å². The van der Waals surface area contributed by atoms with Crippen molar-refractivity contribution in [1.82, 2.24) is 0 Å². The normalized spacial score (nSPS) is 11.6. The zero-order chi connectivity index (χ0) is 20.9. The summed E-state index contributed by atoms with van der Waals surface area (Å²) in [4.78, 5) is 11.1. The molecule has 6 heteroatoms. The minimum atomic E-state index is -4.65. The van der Waals surface area contributed by atoms with Crippen molar-refractivity contribution in [1.29, 1.82) is 0 Å². The maximum Gasteiger partial charge on any atom is 0.448 e. The quantitative estimate of drug-likeness (QED) is 0.157. The van der Waals surface area contributed by atoms with Crippen molar-refractivity contribution >= 4 is 16.4 Å². The molecule has 28 heavy (non-hydrogen) atoms. The monoisotopic (exact) mass is 420 g/mol. The predicted octanol–water partition coefficient (Wildman–Crippen LogP) is 7.15. The van der Waals surface area contributed by atoms with E-state index < -0.39 is 16.4 Å². The Morgan fingerprint density at radius 1 is 0.607 bits per heavy atom. The lowest BCUT2D eigenvalue weighted by Crippen LogP contribution is -2.11. The molecule has 0 radical (unpaired) electrons. The van der Waals surface area contributed by atoms with E-state index in [0.29, 0.717) is 6.42 Å². The van der Waals surface area contributed by atoms with Crippen molar-refractivity contribution in [2.24, 2.45) is 0 Å². The van der Waals surface area contributed by atoms with Crippen LogP contribution in [0.1, 0.15) is 135 Å². The minimum Gasteiger partial charge on any atom is -0.325 e. The number of rotatable bonds is 21. The summed E-state index contributed by atoms with van der Waals surface area (Å²) in [5.41, 5.74) is 0. The number of carbonyl (C=O) groups is 1. The average Bonchev–Trinajstić information content (AvgIpc) is 2.62. The van der Waals surface area contributed by atoms with Crippen LogP contribution in [-0.4, -0.2) is 18.9 Å². The lowest BCUT2D eigenvalue weighted by molar-refractivity contribution is -0.134. The van der Waals surface area contributed by atoms with E-state index in [-0.39, 0.29) is 6.42 Å². The Kier molecular flexibility index (Phi) is 19.2. The molecular formula is C22H44O5S. The second-order valence-electron chi connectivity index (χ2n) is 8.00. The zero-order valence-corrected chi connectivity index (χ0v) is 18.9. The van der Waals surface area contributed by atoms with Gasteiger partial charge in [-0.15, -0.1) is 0 Å². The van der Waals surface area contributed by atoms with Gasteiger partial charge in [0.1, 0.15) is 0 Å². The highest BCUT2D eigenvalue weighted by Gasteiger charge is 2.12. The van der Waals surface area contributed by atoms with Gasteiger partial charge in [0, 0.05) is 6.42 Å². The van der Waals surface area contributed by atoms with Crippen LogP contribution in [0, 0.1) is 0 Å². The Morgan fingerprint density at radius 2 is 0.893 bits per heavy atom. The maximum atomic E-state index is 11.1. The minimum absolute atomic E-state index is 0.0403. The van der Waals surface area contributed by atoms with Gasteiger partial charge in [-0.25, -0.2) is 0 Å². The number of carbonyl (C=O) groups excluding carboxylic acids is 1. The van der Waals surface area contributed by atoms with E-state index in [4.69, 9.17) is 4.55 Å². The second kappa shape index (κ2) is 19.7. The van der Waals surface area contributed by atoms with E-state index in [1.54, 1.807) is 0 Å². The van der Waals surface area contributed by atoms with Gasteiger partial charge in [-0.2, -0.15) is 8.42 Å². The Morgan fingerprint density at radius 3 is 1.18 bits per heavy atom. The molecule has 0 heterocycles. The fraction of sp³-hybridized carbons (Fsp3) is 0.955. The van der Waals surface area contributed by atoms with E-state index in [2.05, 4.69) is 11.1 Å². The molecular weight excluding hydrogens is 376 g/mol. The fourth-order valence-electron chi connectivity index (χ4n) is 3.51. The van der Waals surface area contributed by atoms with Crippen molar-refractivity contribution in [2.75, 3.05) is 0 Å². The largest absolute Gasteiger partial charge is 0.448 e. The first-order chi connectivity index (χ1) is 13.5. The van der Waals surface area contributed by atoms with Gasteiger partial charge in [0.15, 0.2) is 0 Å². The molecule has 0 aromatic rings. The van der Waals surface area contributed by atoms with E-state index in [1.165, 1.54) is 96.3 Å². The fourth-order valence-corrected chi connectivity index (χ4v) is 3.83. The molecule has 0 spiro atoms. The third-order valence-corrected chi connectivity index (χ3v) is 5.58. The molecule has 0 aromatic carbocycles. The molecule has 1 N–H and O–H groups in total. The topological polar surface area (TPSA) is 80.7 Å². The van der Waals surface area contributed by atoms with Crippen LogP contribution in [0.5, 0.6) is 0 Å². The molecule has 0 unspecified atom stereocenters. The Labute approximate surface area is 174 Å².